The van der Waals surface area contributed by atoms with E-state index in [1.165, 1.54) is 66.4 Å². The molecule has 3 nitrogen and oxygen atoms in total. The predicted molar refractivity (Wildman–Crippen MR) is 192 cm³/mol. The SMILES string of the molecule is C1=CCNC(C2C=C(c3ccc(-c4ccc(-c5ccc6c7c(cccc57)-c5ccccc5-6)cc4)cc3)C=C(c3ccccn3)N2)=C1. The second-order valence-electron chi connectivity index (χ2n) is 12.0. The molecule has 0 fully saturated rings. The number of rotatable bonds is 5. The summed E-state index contributed by atoms with van der Waals surface area (Å²) in [6.07, 6.45) is 12.7. The van der Waals surface area contributed by atoms with E-state index >= 15 is 0 Å². The van der Waals surface area contributed by atoms with Gasteiger partial charge >= 0.3 is 0 Å². The number of benzene rings is 5. The zero-order chi connectivity index (χ0) is 30.5. The summed E-state index contributed by atoms with van der Waals surface area (Å²) in [5.74, 6) is 0. The average molecular weight is 590 g/mol. The third-order valence-electron chi connectivity index (χ3n) is 9.36. The van der Waals surface area contributed by atoms with Crippen molar-refractivity contribution in [3.63, 3.8) is 0 Å². The second kappa shape index (κ2) is 10.9. The molecule has 2 aliphatic heterocycles. The first-order chi connectivity index (χ1) is 22.8. The maximum Gasteiger partial charge on any atom is 0.0861 e. The van der Waals surface area contributed by atoms with Gasteiger partial charge in [-0.05, 0) is 96.8 Å². The molecular formula is C43H31N3. The number of dihydropyridines is 2. The van der Waals surface area contributed by atoms with Gasteiger partial charge < -0.3 is 10.6 Å². The van der Waals surface area contributed by atoms with Gasteiger partial charge in [-0.3, -0.25) is 4.98 Å². The van der Waals surface area contributed by atoms with Crippen LogP contribution < -0.4 is 10.6 Å². The Labute approximate surface area is 269 Å². The van der Waals surface area contributed by atoms with E-state index in [1.54, 1.807) is 0 Å². The lowest BCUT2D eigenvalue weighted by Gasteiger charge is -2.28. The highest BCUT2D eigenvalue weighted by molar-refractivity contribution is 6.18. The van der Waals surface area contributed by atoms with Crippen LogP contribution in [0.25, 0.3) is 66.6 Å². The molecule has 0 amide bonds. The number of nitrogens with one attached hydrogen (secondary N) is 2. The van der Waals surface area contributed by atoms with Crippen LogP contribution >= 0.6 is 0 Å². The van der Waals surface area contributed by atoms with E-state index in [9.17, 15) is 0 Å². The predicted octanol–water partition coefficient (Wildman–Crippen LogP) is 9.66. The Kier molecular flexibility index (Phi) is 6.27. The first-order valence-electron chi connectivity index (χ1n) is 15.9. The molecule has 2 N–H and O–H groups in total. The van der Waals surface area contributed by atoms with Crippen molar-refractivity contribution >= 4 is 22.0 Å². The Bertz CT molecular complexity index is 2220. The molecule has 0 bridgehead atoms. The van der Waals surface area contributed by atoms with Crippen molar-refractivity contribution in [2.75, 3.05) is 6.54 Å². The highest BCUT2D eigenvalue weighted by Gasteiger charge is 2.23. The molecule has 1 aliphatic carbocycles. The van der Waals surface area contributed by atoms with Gasteiger partial charge in [0.1, 0.15) is 0 Å². The number of aromatic nitrogens is 1. The molecule has 3 heteroatoms. The lowest BCUT2D eigenvalue weighted by Crippen LogP contribution is -2.37. The average Bonchev–Trinajstić information content (AvgIpc) is 3.47. The summed E-state index contributed by atoms with van der Waals surface area (Å²) in [5.41, 5.74) is 15.7. The van der Waals surface area contributed by atoms with Gasteiger partial charge in [0.05, 0.1) is 17.4 Å². The minimum atomic E-state index is 0.0363. The van der Waals surface area contributed by atoms with Crippen molar-refractivity contribution in [1.29, 1.82) is 0 Å². The highest BCUT2D eigenvalue weighted by Crippen LogP contribution is 2.49. The van der Waals surface area contributed by atoms with Crippen molar-refractivity contribution in [3.05, 3.63) is 175 Å². The number of fused-ring (bicyclic) bond motifs is 3. The van der Waals surface area contributed by atoms with Crippen LogP contribution in [-0.2, 0) is 0 Å². The Morgan fingerprint density at radius 1 is 0.587 bits per heavy atom. The monoisotopic (exact) mass is 589 g/mol. The number of hydrogen-bond acceptors (Lipinski definition) is 3. The topological polar surface area (TPSA) is 37.0 Å². The highest BCUT2D eigenvalue weighted by atomic mass is 15.0. The Hall–Kier alpha value is -5.93. The number of nitrogens with zero attached hydrogens (tertiary/aromatic N) is 1. The van der Waals surface area contributed by atoms with Gasteiger partial charge in [0.2, 0.25) is 0 Å². The van der Waals surface area contributed by atoms with Gasteiger partial charge in [0.15, 0.2) is 0 Å². The Morgan fingerprint density at radius 3 is 1.98 bits per heavy atom. The maximum absolute atomic E-state index is 4.62. The summed E-state index contributed by atoms with van der Waals surface area (Å²) in [6, 6.07) is 44.0. The molecule has 46 heavy (non-hydrogen) atoms. The molecule has 218 valence electrons. The first kappa shape index (κ1) is 26.5. The molecule has 9 rings (SSSR count). The van der Waals surface area contributed by atoms with E-state index in [1.807, 2.05) is 18.3 Å². The van der Waals surface area contributed by atoms with E-state index in [2.05, 4.69) is 155 Å². The molecule has 5 aromatic carbocycles. The normalized spacial score (nSPS) is 16.2. The Balaban J connectivity index is 1.02. The van der Waals surface area contributed by atoms with Gasteiger partial charge in [0.25, 0.3) is 0 Å². The Morgan fingerprint density at radius 2 is 1.26 bits per heavy atom. The maximum atomic E-state index is 4.62. The minimum absolute atomic E-state index is 0.0363. The molecule has 6 aromatic rings. The largest absolute Gasteiger partial charge is 0.383 e. The van der Waals surface area contributed by atoms with Crippen LogP contribution in [0.15, 0.2) is 164 Å². The lowest BCUT2D eigenvalue weighted by atomic mass is 9.92. The van der Waals surface area contributed by atoms with Crippen LogP contribution in [0.5, 0.6) is 0 Å². The molecule has 1 unspecified atom stereocenters. The van der Waals surface area contributed by atoms with Crippen molar-refractivity contribution in [2.24, 2.45) is 0 Å². The van der Waals surface area contributed by atoms with E-state index in [0.717, 1.165) is 23.6 Å². The van der Waals surface area contributed by atoms with Gasteiger partial charge in [0, 0.05) is 18.4 Å². The quantitative estimate of drug-likeness (QED) is 0.210. The van der Waals surface area contributed by atoms with Crippen LogP contribution in [0.4, 0.5) is 0 Å². The van der Waals surface area contributed by atoms with Gasteiger partial charge in [-0.1, -0.05) is 121 Å². The van der Waals surface area contributed by atoms with Crippen LogP contribution in [0, 0.1) is 0 Å². The fourth-order valence-corrected chi connectivity index (χ4v) is 7.10. The van der Waals surface area contributed by atoms with E-state index in [0.29, 0.717) is 0 Å². The zero-order valence-corrected chi connectivity index (χ0v) is 25.2. The summed E-state index contributed by atoms with van der Waals surface area (Å²) >= 11 is 0. The molecule has 0 saturated carbocycles. The fourth-order valence-electron chi connectivity index (χ4n) is 7.10. The lowest BCUT2D eigenvalue weighted by molar-refractivity contribution is 0.714. The molecular weight excluding hydrogens is 558 g/mol. The third-order valence-corrected chi connectivity index (χ3v) is 9.36. The minimum Gasteiger partial charge on any atom is -0.383 e. The van der Waals surface area contributed by atoms with Crippen molar-refractivity contribution in [2.45, 2.75) is 6.04 Å². The summed E-state index contributed by atoms with van der Waals surface area (Å²) in [7, 11) is 0. The molecule has 0 saturated heterocycles. The summed E-state index contributed by atoms with van der Waals surface area (Å²) in [5, 5.41) is 9.87. The molecule has 0 radical (unpaired) electrons. The summed E-state index contributed by atoms with van der Waals surface area (Å²) in [6.45, 7) is 0.833. The van der Waals surface area contributed by atoms with Gasteiger partial charge in [-0.15, -0.1) is 0 Å². The molecule has 3 heterocycles. The van der Waals surface area contributed by atoms with Crippen molar-refractivity contribution < 1.29 is 0 Å². The standard InChI is InChI=1S/C43H31N3/c1-2-9-35-34(8-1)37-11-7-10-36-33(22-23-38(35)43(36)37)31-20-18-29(19-21-31)28-14-16-30(17-15-28)32-26-41(39-12-3-5-24-44-39)46-42(27-32)40-13-4-6-25-45-40/h1-24,26-27,42,45-46H,25H2. The van der Waals surface area contributed by atoms with Crippen LogP contribution in [0.3, 0.4) is 0 Å². The molecule has 1 aromatic heterocycles. The van der Waals surface area contributed by atoms with Crippen LogP contribution in [0.1, 0.15) is 11.3 Å². The fraction of sp³-hybridized carbons (Fsp3) is 0.0465. The first-order valence-corrected chi connectivity index (χ1v) is 15.9. The van der Waals surface area contributed by atoms with E-state index in [4.69, 9.17) is 0 Å². The van der Waals surface area contributed by atoms with E-state index in [-0.39, 0.29) is 6.04 Å². The van der Waals surface area contributed by atoms with Gasteiger partial charge in [-0.2, -0.15) is 0 Å². The second-order valence-corrected chi connectivity index (χ2v) is 12.0. The number of allylic oxidation sites excluding steroid dienone is 4. The summed E-state index contributed by atoms with van der Waals surface area (Å²) in [4.78, 5) is 4.62. The molecule has 3 aliphatic rings. The smallest absolute Gasteiger partial charge is 0.0861 e. The molecule has 0 spiro atoms. The summed E-state index contributed by atoms with van der Waals surface area (Å²) < 4.78 is 0. The number of hydrogen-bond donors (Lipinski definition) is 2. The number of pyridine rings is 1. The van der Waals surface area contributed by atoms with E-state index < -0.39 is 0 Å². The van der Waals surface area contributed by atoms with Crippen LogP contribution in [-0.4, -0.2) is 17.6 Å². The molecule has 1 atom stereocenters. The van der Waals surface area contributed by atoms with Crippen LogP contribution in [0.2, 0.25) is 0 Å². The third kappa shape index (κ3) is 4.48. The zero-order valence-electron chi connectivity index (χ0n) is 25.2. The van der Waals surface area contributed by atoms with Gasteiger partial charge in [-0.25, -0.2) is 0 Å². The van der Waals surface area contributed by atoms with Crippen molar-refractivity contribution in [3.8, 4) is 44.5 Å². The van der Waals surface area contributed by atoms with Crippen molar-refractivity contribution in [1.82, 2.24) is 15.6 Å².